The van der Waals surface area contributed by atoms with Crippen LogP contribution in [0.1, 0.15) is 39.4 Å². The molecule has 34 heavy (non-hydrogen) atoms. The van der Waals surface area contributed by atoms with Gasteiger partial charge in [-0.2, -0.15) is 13.2 Å². The monoisotopic (exact) mass is 471 g/mol. The fourth-order valence-electron chi connectivity index (χ4n) is 3.83. The summed E-state index contributed by atoms with van der Waals surface area (Å²) in [6.07, 6.45) is -5.41. The van der Waals surface area contributed by atoms with E-state index in [0.29, 0.717) is 0 Å². The van der Waals surface area contributed by atoms with Crippen LogP contribution in [-0.4, -0.2) is 28.1 Å². The van der Waals surface area contributed by atoms with Crippen molar-refractivity contribution < 1.29 is 37.8 Å². The average molecular weight is 471 g/mol. The molecule has 0 saturated carbocycles. The number of rotatable bonds is 8. The van der Waals surface area contributed by atoms with E-state index in [2.05, 4.69) is 5.32 Å². The SMILES string of the molecule is O=C(O)CC(c1ccc(C(F)(F)F)cc1)C(NC(=O)c1ccccc1)(C(=O)O)c1ccccc1. The number of carbonyl (C=O) groups is 3. The lowest BCUT2D eigenvalue weighted by atomic mass is 9.72. The van der Waals surface area contributed by atoms with E-state index >= 15 is 0 Å². The van der Waals surface area contributed by atoms with Crippen LogP contribution in [0.5, 0.6) is 0 Å². The van der Waals surface area contributed by atoms with Gasteiger partial charge in [-0.3, -0.25) is 9.59 Å². The fourth-order valence-corrected chi connectivity index (χ4v) is 3.83. The number of aliphatic carboxylic acids is 2. The minimum absolute atomic E-state index is 0.00927. The van der Waals surface area contributed by atoms with Crippen molar-refractivity contribution in [1.29, 1.82) is 0 Å². The lowest BCUT2D eigenvalue weighted by Gasteiger charge is -2.38. The third-order valence-corrected chi connectivity index (χ3v) is 5.45. The van der Waals surface area contributed by atoms with Gasteiger partial charge in [0.05, 0.1) is 12.0 Å². The molecule has 176 valence electrons. The number of alkyl halides is 3. The van der Waals surface area contributed by atoms with Gasteiger partial charge in [-0.05, 0) is 35.4 Å². The summed E-state index contributed by atoms with van der Waals surface area (Å²) in [6, 6.07) is 18.8. The van der Waals surface area contributed by atoms with Gasteiger partial charge < -0.3 is 15.5 Å². The van der Waals surface area contributed by atoms with Gasteiger partial charge in [0.2, 0.25) is 0 Å². The third-order valence-electron chi connectivity index (χ3n) is 5.45. The summed E-state index contributed by atoms with van der Waals surface area (Å²) < 4.78 is 39.2. The van der Waals surface area contributed by atoms with Crippen molar-refractivity contribution in [3.8, 4) is 0 Å². The number of carboxylic acid groups (broad SMARTS) is 2. The lowest BCUT2D eigenvalue weighted by Crippen LogP contribution is -2.56. The molecule has 3 N–H and O–H groups in total. The molecule has 0 radical (unpaired) electrons. The second-order valence-electron chi connectivity index (χ2n) is 7.57. The first-order chi connectivity index (χ1) is 16.1. The summed E-state index contributed by atoms with van der Waals surface area (Å²) in [4.78, 5) is 37.7. The Morgan fingerprint density at radius 1 is 0.765 bits per heavy atom. The first kappa shape index (κ1) is 24.5. The molecule has 0 aliphatic rings. The van der Waals surface area contributed by atoms with E-state index in [1.807, 2.05) is 0 Å². The van der Waals surface area contributed by atoms with Crippen LogP contribution >= 0.6 is 0 Å². The van der Waals surface area contributed by atoms with Crippen molar-refractivity contribution in [1.82, 2.24) is 5.32 Å². The number of carboxylic acids is 2. The minimum atomic E-state index is -4.63. The molecule has 0 aliphatic carbocycles. The number of carbonyl (C=O) groups excluding carboxylic acids is 1. The van der Waals surface area contributed by atoms with Gasteiger partial charge in [-0.25, -0.2) is 4.79 Å². The molecular formula is C25H20F3NO5. The number of benzene rings is 3. The van der Waals surface area contributed by atoms with Crippen molar-refractivity contribution in [3.05, 3.63) is 107 Å². The molecule has 3 aromatic rings. The van der Waals surface area contributed by atoms with Crippen LogP contribution in [0, 0.1) is 0 Å². The van der Waals surface area contributed by atoms with E-state index in [-0.39, 0.29) is 16.7 Å². The van der Waals surface area contributed by atoms with Gasteiger partial charge in [0.1, 0.15) is 0 Å². The Hall–Kier alpha value is -4.14. The maximum atomic E-state index is 13.1. The van der Waals surface area contributed by atoms with Crippen LogP contribution < -0.4 is 5.32 Å². The molecule has 0 fully saturated rings. The van der Waals surface area contributed by atoms with Crippen LogP contribution in [-0.2, 0) is 21.3 Å². The zero-order chi connectivity index (χ0) is 24.9. The molecular weight excluding hydrogens is 451 g/mol. The topological polar surface area (TPSA) is 104 Å². The Bertz CT molecular complexity index is 1160. The summed E-state index contributed by atoms with van der Waals surface area (Å²) in [5, 5.41) is 22.5. The van der Waals surface area contributed by atoms with Crippen molar-refractivity contribution >= 4 is 17.8 Å². The van der Waals surface area contributed by atoms with Crippen LogP contribution in [0.2, 0.25) is 0 Å². The zero-order valence-electron chi connectivity index (χ0n) is 17.6. The molecule has 6 nitrogen and oxygen atoms in total. The van der Waals surface area contributed by atoms with Crippen LogP contribution in [0.4, 0.5) is 13.2 Å². The van der Waals surface area contributed by atoms with Gasteiger partial charge in [-0.15, -0.1) is 0 Å². The molecule has 3 rings (SSSR count). The Morgan fingerprint density at radius 2 is 1.29 bits per heavy atom. The highest BCUT2D eigenvalue weighted by Gasteiger charge is 2.50. The molecule has 0 spiro atoms. The highest BCUT2D eigenvalue weighted by molar-refractivity contribution is 5.99. The third kappa shape index (κ3) is 5.09. The number of hydrogen-bond acceptors (Lipinski definition) is 3. The van der Waals surface area contributed by atoms with E-state index in [1.165, 1.54) is 36.4 Å². The van der Waals surface area contributed by atoms with Crippen LogP contribution in [0.3, 0.4) is 0 Å². The second-order valence-corrected chi connectivity index (χ2v) is 7.57. The quantitative estimate of drug-likeness (QED) is 0.443. The van der Waals surface area contributed by atoms with Crippen molar-refractivity contribution in [2.75, 3.05) is 0 Å². The molecule has 2 unspecified atom stereocenters. The minimum Gasteiger partial charge on any atom is -0.481 e. The van der Waals surface area contributed by atoms with Crippen LogP contribution in [0.15, 0.2) is 84.9 Å². The van der Waals surface area contributed by atoms with E-state index in [9.17, 15) is 37.8 Å². The average Bonchev–Trinajstić information content (AvgIpc) is 2.81. The molecule has 0 bridgehead atoms. The molecule has 3 aromatic carbocycles. The fraction of sp³-hybridized carbons (Fsp3) is 0.160. The summed E-state index contributed by atoms with van der Waals surface area (Å²) in [5.74, 6) is -5.18. The molecule has 0 aliphatic heterocycles. The first-order valence-corrected chi connectivity index (χ1v) is 10.1. The second kappa shape index (κ2) is 9.78. The predicted octanol–water partition coefficient (Wildman–Crippen LogP) is 4.67. The zero-order valence-corrected chi connectivity index (χ0v) is 17.6. The molecule has 2 atom stereocenters. The van der Waals surface area contributed by atoms with E-state index in [0.717, 1.165) is 24.3 Å². The Balaban J connectivity index is 2.22. The van der Waals surface area contributed by atoms with Gasteiger partial charge in [0, 0.05) is 11.5 Å². The molecule has 1 amide bonds. The standard InChI is InChI=1S/C25H20F3NO5/c26-25(27,28)19-13-11-16(12-14-19)20(15-21(30)31)24(23(33)34,18-9-5-2-6-10-18)29-22(32)17-7-3-1-4-8-17/h1-14,20H,15H2,(H,29,32)(H,30,31)(H,33,34). The Labute approximate surface area is 192 Å². The number of nitrogens with one attached hydrogen (secondary N) is 1. The van der Waals surface area contributed by atoms with Gasteiger partial charge in [-0.1, -0.05) is 60.7 Å². The molecule has 9 heteroatoms. The predicted molar refractivity (Wildman–Crippen MR) is 116 cm³/mol. The number of amides is 1. The summed E-state index contributed by atoms with van der Waals surface area (Å²) in [7, 11) is 0. The molecule has 0 heterocycles. The highest BCUT2D eigenvalue weighted by Crippen LogP contribution is 2.41. The van der Waals surface area contributed by atoms with E-state index < -0.39 is 47.5 Å². The Morgan fingerprint density at radius 3 is 1.76 bits per heavy atom. The number of halogens is 3. The van der Waals surface area contributed by atoms with Crippen molar-refractivity contribution in [2.24, 2.45) is 0 Å². The normalized spacial score (nSPS) is 14.0. The molecule has 0 aromatic heterocycles. The number of hydrogen-bond donors (Lipinski definition) is 3. The maximum Gasteiger partial charge on any atom is 0.416 e. The van der Waals surface area contributed by atoms with Crippen molar-refractivity contribution in [3.63, 3.8) is 0 Å². The summed E-state index contributed by atoms with van der Waals surface area (Å²) in [5.41, 5.74) is -3.07. The first-order valence-electron chi connectivity index (χ1n) is 10.1. The Kier molecular flexibility index (Phi) is 7.05. The van der Waals surface area contributed by atoms with Gasteiger partial charge >= 0.3 is 18.1 Å². The van der Waals surface area contributed by atoms with Gasteiger partial charge in [0.15, 0.2) is 5.54 Å². The lowest BCUT2D eigenvalue weighted by molar-refractivity contribution is -0.147. The maximum absolute atomic E-state index is 13.1. The smallest absolute Gasteiger partial charge is 0.416 e. The summed E-state index contributed by atoms with van der Waals surface area (Å²) in [6.45, 7) is 0. The van der Waals surface area contributed by atoms with Gasteiger partial charge in [0.25, 0.3) is 5.91 Å². The van der Waals surface area contributed by atoms with Crippen molar-refractivity contribution in [2.45, 2.75) is 24.1 Å². The highest BCUT2D eigenvalue weighted by atomic mass is 19.4. The molecule has 0 saturated heterocycles. The van der Waals surface area contributed by atoms with E-state index in [4.69, 9.17) is 0 Å². The van der Waals surface area contributed by atoms with E-state index in [1.54, 1.807) is 24.3 Å². The largest absolute Gasteiger partial charge is 0.481 e. The summed E-state index contributed by atoms with van der Waals surface area (Å²) >= 11 is 0. The van der Waals surface area contributed by atoms with Crippen LogP contribution in [0.25, 0.3) is 0 Å².